The van der Waals surface area contributed by atoms with Crippen molar-refractivity contribution in [2.75, 3.05) is 20.1 Å². The van der Waals surface area contributed by atoms with Crippen molar-refractivity contribution < 1.29 is 4.79 Å². The Balaban J connectivity index is 2.45. The quantitative estimate of drug-likeness (QED) is 0.820. The van der Waals surface area contributed by atoms with Crippen LogP contribution in [0.2, 0.25) is 0 Å². The average Bonchev–Trinajstić information content (AvgIpc) is 2.39. The number of nitrogens with zero attached hydrogens (tertiary/aromatic N) is 2. The zero-order valence-electron chi connectivity index (χ0n) is 11.5. The van der Waals surface area contributed by atoms with Crippen molar-refractivity contribution in [3.8, 4) is 0 Å². The highest BCUT2D eigenvalue weighted by molar-refractivity contribution is 5.90. The predicted molar refractivity (Wildman–Crippen MR) is 72.5 cm³/mol. The number of Topliss-reactive ketones (excluding diaryl/α,β-unsaturated/α-hetero) is 1. The first kappa shape index (κ1) is 13.2. The minimum Gasteiger partial charge on any atom is -0.306 e. The van der Waals surface area contributed by atoms with Crippen LogP contribution in [-0.2, 0) is 10.2 Å². The van der Waals surface area contributed by atoms with Crippen LogP contribution in [0.15, 0.2) is 24.4 Å². The summed E-state index contributed by atoms with van der Waals surface area (Å²) < 4.78 is 0. The highest BCUT2D eigenvalue weighted by Gasteiger charge is 2.47. The number of ketones is 1. The molecule has 0 aromatic carbocycles. The van der Waals surface area contributed by atoms with Gasteiger partial charge in [0.1, 0.15) is 5.78 Å². The van der Waals surface area contributed by atoms with E-state index >= 15 is 0 Å². The summed E-state index contributed by atoms with van der Waals surface area (Å²) in [5.41, 5.74) is 0.583. The lowest BCUT2D eigenvalue weighted by molar-refractivity contribution is -0.128. The van der Waals surface area contributed by atoms with Gasteiger partial charge in [0, 0.05) is 19.2 Å². The summed E-state index contributed by atoms with van der Waals surface area (Å²) in [7, 11) is 2.12. The minimum absolute atomic E-state index is 0.318. The number of carbonyl (C=O) groups is 1. The van der Waals surface area contributed by atoms with Gasteiger partial charge in [-0.15, -0.1) is 0 Å². The molecule has 0 N–H and O–H groups in total. The Morgan fingerprint density at radius 3 is 2.89 bits per heavy atom. The summed E-state index contributed by atoms with van der Waals surface area (Å²) in [4.78, 5) is 19.3. The molecule has 2 heterocycles. The molecule has 1 aromatic rings. The van der Waals surface area contributed by atoms with Gasteiger partial charge >= 0.3 is 0 Å². The van der Waals surface area contributed by atoms with E-state index in [4.69, 9.17) is 0 Å². The normalized spacial score (nSPS) is 29.2. The van der Waals surface area contributed by atoms with Crippen LogP contribution in [0, 0.1) is 5.92 Å². The van der Waals surface area contributed by atoms with E-state index < -0.39 is 0 Å². The molecule has 1 aromatic heterocycles. The fourth-order valence-corrected chi connectivity index (χ4v) is 3.21. The average molecular weight is 246 g/mol. The highest BCUT2D eigenvalue weighted by atomic mass is 16.1. The zero-order valence-corrected chi connectivity index (χ0v) is 11.5. The van der Waals surface area contributed by atoms with Gasteiger partial charge in [0.2, 0.25) is 0 Å². The summed E-state index contributed by atoms with van der Waals surface area (Å²) >= 11 is 0. The molecular formula is C15H22N2O. The predicted octanol–water partition coefficient (Wildman–Crippen LogP) is 2.27. The number of likely N-dealkylation sites (tertiary alicyclic amines) is 1. The van der Waals surface area contributed by atoms with Crippen molar-refractivity contribution in [3.05, 3.63) is 30.1 Å². The molecule has 0 saturated carbocycles. The molecule has 0 amide bonds. The molecule has 1 saturated heterocycles. The molecule has 98 valence electrons. The van der Waals surface area contributed by atoms with Gasteiger partial charge in [-0.1, -0.05) is 19.9 Å². The summed E-state index contributed by atoms with van der Waals surface area (Å²) in [5, 5.41) is 0. The maximum atomic E-state index is 12.5. The van der Waals surface area contributed by atoms with E-state index in [9.17, 15) is 4.79 Å². The third kappa shape index (κ3) is 2.07. The second-order valence-electron chi connectivity index (χ2n) is 5.38. The van der Waals surface area contributed by atoms with Gasteiger partial charge in [-0.3, -0.25) is 9.78 Å². The fourth-order valence-electron chi connectivity index (χ4n) is 3.21. The highest BCUT2D eigenvalue weighted by Crippen LogP contribution is 2.40. The maximum absolute atomic E-state index is 12.5. The molecule has 0 aliphatic carbocycles. The smallest absolute Gasteiger partial charge is 0.145 e. The first-order valence-electron chi connectivity index (χ1n) is 6.74. The number of hydrogen-bond donors (Lipinski definition) is 0. The summed E-state index contributed by atoms with van der Waals surface area (Å²) in [6.45, 7) is 6.06. The van der Waals surface area contributed by atoms with E-state index in [-0.39, 0.29) is 5.41 Å². The lowest BCUT2D eigenvalue weighted by Gasteiger charge is -2.44. The van der Waals surface area contributed by atoms with Crippen LogP contribution in [0.1, 0.15) is 32.4 Å². The van der Waals surface area contributed by atoms with Crippen molar-refractivity contribution in [2.24, 2.45) is 5.92 Å². The van der Waals surface area contributed by atoms with Gasteiger partial charge in [-0.2, -0.15) is 0 Å². The molecule has 18 heavy (non-hydrogen) atoms. The Bertz CT molecular complexity index is 418. The summed E-state index contributed by atoms with van der Waals surface area (Å²) in [6, 6.07) is 5.90. The molecule has 0 radical (unpaired) electrons. The first-order valence-corrected chi connectivity index (χ1v) is 6.74. The van der Waals surface area contributed by atoms with E-state index in [1.807, 2.05) is 25.1 Å². The molecule has 1 aliphatic heterocycles. The van der Waals surface area contributed by atoms with Crippen molar-refractivity contribution in [1.29, 1.82) is 0 Å². The third-order valence-corrected chi connectivity index (χ3v) is 4.26. The molecule has 3 heteroatoms. The number of hydrogen-bond acceptors (Lipinski definition) is 3. The van der Waals surface area contributed by atoms with Gasteiger partial charge in [0.05, 0.1) is 11.1 Å². The van der Waals surface area contributed by atoms with Crippen molar-refractivity contribution >= 4 is 5.78 Å². The third-order valence-electron chi connectivity index (χ3n) is 4.26. The largest absolute Gasteiger partial charge is 0.306 e. The van der Waals surface area contributed by atoms with E-state index in [2.05, 4.69) is 23.9 Å². The lowest BCUT2D eigenvalue weighted by Crippen LogP contribution is -2.52. The van der Waals surface area contributed by atoms with Gasteiger partial charge in [0.25, 0.3) is 0 Å². The van der Waals surface area contributed by atoms with Crippen molar-refractivity contribution in [2.45, 2.75) is 32.1 Å². The Hall–Kier alpha value is -1.22. The number of aromatic nitrogens is 1. The number of piperidine rings is 1. The van der Waals surface area contributed by atoms with Crippen LogP contribution in [0.4, 0.5) is 0 Å². The maximum Gasteiger partial charge on any atom is 0.145 e. The zero-order chi connectivity index (χ0) is 13.2. The molecule has 0 spiro atoms. The topological polar surface area (TPSA) is 33.2 Å². The number of rotatable bonds is 3. The molecule has 2 rings (SSSR count). The van der Waals surface area contributed by atoms with E-state index in [0.29, 0.717) is 18.1 Å². The van der Waals surface area contributed by atoms with Gasteiger partial charge < -0.3 is 4.90 Å². The molecule has 1 aliphatic rings. The van der Waals surface area contributed by atoms with Crippen LogP contribution in [-0.4, -0.2) is 35.8 Å². The Morgan fingerprint density at radius 2 is 2.33 bits per heavy atom. The second-order valence-corrected chi connectivity index (χ2v) is 5.38. The van der Waals surface area contributed by atoms with Crippen LogP contribution < -0.4 is 0 Å². The SMILES string of the molecule is CCC(=O)[C@]1(c2ccccn2)CCN(C)C[C@H]1C. The first-order chi connectivity index (χ1) is 8.61. The van der Waals surface area contributed by atoms with Crippen LogP contribution >= 0.6 is 0 Å². The summed E-state index contributed by atoms with van der Waals surface area (Å²) in [5.74, 6) is 0.653. The van der Waals surface area contributed by atoms with Gasteiger partial charge in [0.15, 0.2) is 0 Å². The van der Waals surface area contributed by atoms with Gasteiger partial charge in [-0.25, -0.2) is 0 Å². The summed E-state index contributed by atoms with van der Waals surface area (Å²) in [6.07, 6.45) is 3.27. The van der Waals surface area contributed by atoms with E-state index in [1.54, 1.807) is 6.20 Å². The number of pyridine rings is 1. The van der Waals surface area contributed by atoms with Crippen LogP contribution in [0.3, 0.4) is 0 Å². The lowest BCUT2D eigenvalue weighted by atomic mass is 9.65. The van der Waals surface area contributed by atoms with Crippen LogP contribution in [0.5, 0.6) is 0 Å². The van der Waals surface area contributed by atoms with E-state index in [0.717, 1.165) is 25.2 Å². The van der Waals surface area contributed by atoms with Crippen molar-refractivity contribution in [1.82, 2.24) is 9.88 Å². The monoisotopic (exact) mass is 246 g/mol. The molecule has 3 nitrogen and oxygen atoms in total. The molecular weight excluding hydrogens is 224 g/mol. The van der Waals surface area contributed by atoms with Crippen LogP contribution in [0.25, 0.3) is 0 Å². The Morgan fingerprint density at radius 1 is 1.56 bits per heavy atom. The second kappa shape index (κ2) is 5.19. The molecule has 1 fully saturated rings. The molecule has 0 unspecified atom stereocenters. The minimum atomic E-state index is -0.372. The molecule has 0 bridgehead atoms. The van der Waals surface area contributed by atoms with Crippen molar-refractivity contribution in [3.63, 3.8) is 0 Å². The fraction of sp³-hybridized carbons (Fsp3) is 0.600. The molecule has 2 atom stereocenters. The van der Waals surface area contributed by atoms with Gasteiger partial charge in [-0.05, 0) is 38.1 Å². The Kier molecular flexibility index (Phi) is 3.81. The standard InChI is InChI=1S/C15H22N2O/c1-4-14(18)15(13-7-5-6-9-16-13)8-10-17(3)11-12(15)2/h5-7,9,12H,4,8,10-11H2,1-3H3/t12-,15-/m1/s1. The van der Waals surface area contributed by atoms with E-state index in [1.165, 1.54) is 0 Å². The number of carbonyl (C=O) groups excluding carboxylic acids is 1. The Labute approximate surface area is 109 Å².